The van der Waals surface area contributed by atoms with Crippen LogP contribution in [0.3, 0.4) is 0 Å². The molecule has 0 aromatic heterocycles. The van der Waals surface area contributed by atoms with Gasteiger partial charge in [0.2, 0.25) is 10.0 Å². The number of sulfonamides is 1. The van der Waals surface area contributed by atoms with Gasteiger partial charge < -0.3 is 4.74 Å². The Hall–Kier alpha value is -0.430. The molecule has 1 saturated heterocycles. The smallest absolute Gasteiger partial charge is 0.243 e. The summed E-state index contributed by atoms with van der Waals surface area (Å²) in [7, 11) is -3.46. The Kier molecular flexibility index (Phi) is 4.35. The largest absolute Gasteiger partial charge is 0.373 e. The Morgan fingerprint density at radius 3 is 2.42 bits per heavy atom. The lowest BCUT2D eigenvalue weighted by molar-refractivity contribution is -0.0440. The normalized spacial score (nSPS) is 25.5. The van der Waals surface area contributed by atoms with E-state index in [-0.39, 0.29) is 12.2 Å². The van der Waals surface area contributed by atoms with E-state index in [4.69, 9.17) is 4.74 Å². The monoisotopic (exact) mass is 347 g/mol. The van der Waals surface area contributed by atoms with E-state index in [1.165, 1.54) is 4.31 Å². The van der Waals surface area contributed by atoms with Crippen LogP contribution in [0, 0.1) is 6.92 Å². The average molecular weight is 348 g/mol. The Labute approximate surface area is 122 Å². The first-order valence-electron chi connectivity index (χ1n) is 6.22. The zero-order chi connectivity index (χ0) is 14.2. The lowest BCUT2D eigenvalue weighted by Crippen LogP contribution is -2.48. The summed E-state index contributed by atoms with van der Waals surface area (Å²) in [5, 5.41) is 0. The molecular weight excluding hydrogens is 330 g/mol. The number of hydrogen-bond donors (Lipinski definition) is 0. The minimum Gasteiger partial charge on any atom is -0.373 e. The van der Waals surface area contributed by atoms with Crippen molar-refractivity contribution in [2.75, 3.05) is 13.1 Å². The highest BCUT2D eigenvalue weighted by Gasteiger charge is 2.33. The summed E-state index contributed by atoms with van der Waals surface area (Å²) in [4.78, 5) is 0.364. The molecule has 6 heteroatoms. The molecule has 1 aromatic rings. The van der Waals surface area contributed by atoms with Gasteiger partial charge in [0.25, 0.3) is 0 Å². The number of aryl methyl sites for hydroxylation is 1. The van der Waals surface area contributed by atoms with Gasteiger partial charge in [0.15, 0.2) is 0 Å². The zero-order valence-electron chi connectivity index (χ0n) is 11.3. The van der Waals surface area contributed by atoms with E-state index in [2.05, 4.69) is 15.9 Å². The van der Waals surface area contributed by atoms with Crippen molar-refractivity contribution in [3.8, 4) is 0 Å². The summed E-state index contributed by atoms with van der Waals surface area (Å²) in [5.41, 5.74) is 0.759. The third kappa shape index (κ3) is 3.18. The van der Waals surface area contributed by atoms with E-state index >= 15 is 0 Å². The molecule has 106 valence electrons. The van der Waals surface area contributed by atoms with E-state index in [0.717, 1.165) is 10.0 Å². The molecular formula is C13H18BrNO3S. The SMILES string of the molecule is Cc1ccc(Br)cc1S(=O)(=O)N1C[C@@H](C)O[C@H](C)C1. The molecule has 1 heterocycles. The fourth-order valence-corrected chi connectivity index (χ4v) is 4.67. The third-order valence-corrected chi connectivity index (χ3v) is 5.62. The topological polar surface area (TPSA) is 46.6 Å². The van der Waals surface area contributed by atoms with Crippen molar-refractivity contribution in [2.24, 2.45) is 0 Å². The number of ether oxygens (including phenoxy) is 1. The predicted octanol–water partition coefficient (Wildman–Crippen LogP) is 2.56. The van der Waals surface area contributed by atoms with Gasteiger partial charge in [-0.25, -0.2) is 8.42 Å². The van der Waals surface area contributed by atoms with Crippen LogP contribution >= 0.6 is 15.9 Å². The molecule has 1 aliphatic rings. The maximum absolute atomic E-state index is 12.7. The highest BCUT2D eigenvalue weighted by atomic mass is 79.9. The minimum atomic E-state index is -3.46. The Bertz CT molecular complexity index is 563. The molecule has 0 saturated carbocycles. The fraction of sp³-hybridized carbons (Fsp3) is 0.538. The summed E-state index contributed by atoms with van der Waals surface area (Å²) < 4.78 is 33.3. The lowest BCUT2D eigenvalue weighted by Gasteiger charge is -2.34. The van der Waals surface area contributed by atoms with Gasteiger partial charge in [-0.15, -0.1) is 0 Å². The average Bonchev–Trinajstić information content (AvgIpc) is 2.31. The standard InChI is InChI=1S/C13H18BrNO3S/c1-9-4-5-12(14)6-13(9)19(16,17)15-7-10(2)18-11(3)8-15/h4-6,10-11H,7-8H2,1-3H3/t10-,11-/m1/s1. The molecule has 19 heavy (non-hydrogen) atoms. The maximum atomic E-state index is 12.7. The van der Waals surface area contributed by atoms with Crippen LogP contribution in [0.1, 0.15) is 19.4 Å². The van der Waals surface area contributed by atoms with Crippen molar-refractivity contribution < 1.29 is 13.2 Å². The van der Waals surface area contributed by atoms with Crippen molar-refractivity contribution in [3.05, 3.63) is 28.2 Å². The van der Waals surface area contributed by atoms with Crippen molar-refractivity contribution in [1.29, 1.82) is 0 Å². The Morgan fingerprint density at radius 1 is 1.26 bits per heavy atom. The fourth-order valence-electron chi connectivity index (χ4n) is 2.32. The second kappa shape index (κ2) is 5.52. The zero-order valence-corrected chi connectivity index (χ0v) is 13.7. The van der Waals surface area contributed by atoms with Gasteiger partial charge in [0.1, 0.15) is 0 Å². The van der Waals surface area contributed by atoms with Crippen LogP contribution in [0.5, 0.6) is 0 Å². The summed E-state index contributed by atoms with van der Waals surface area (Å²) in [5.74, 6) is 0. The van der Waals surface area contributed by atoms with Crippen molar-refractivity contribution in [2.45, 2.75) is 37.9 Å². The van der Waals surface area contributed by atoms with Gasteiger partial charge >= 0.3 is 0 Å². The van der Waals surface area contributed by atoms with E-state index in [1.54, 1.807) is 6.07 Å². The molecule has 2 rings (SSSR count). The summed E-state index contributed by atoms with van der Waals surface area (Å²) >= 11 is 3.33. The molecule has 0 unspecified atom stereocenters. The number of benzene rings is 1. The lowest BCUT2D eigenvalue weighted by atomic mass is 10.2. The number of nitrogens with zero attached hydrogens (tertiary/aromatic N) is 1. The van der Waals surface area contributed by atoms with Crippen LogP contribution in [-0.4, -0.2) is 38.0 Å². The second-order valence-corrected chi connectivity index (χ2v) is 7.81. The van der Waals surface area contributed by atoms with Crippen LogP contribution in [0.15, 0.2) is 27.6 Å². The first-order valence-corrected chi connectivity index (χ1v) is 8.46. The minimum absolute atomic E-state index is 0.0778. The predicted molar refractivity (Wildman–Crippen MR) is 77.6 cm³/mol. The van der Waals surface area contributed by atoms with Gasteiger partial charge in [-0.3, -0.25) is 0 Å². The molecule has 1 aliphatic heterocycles. The van der Waals surface area contributed by atoms with E-state index in [1.807, 2.05) is 32.9 Å². The van der Waals surface area contributed by atoms with E-state index < -0.39 is 10.0 Å². The van der Waals surface area contributed by atoms with Crippen molar-refractivity contribution >= 4 is 26.0 Å². The van der Waals surface area contributed by atoms with Gasteiger partial charge in [-0.1, -0.05) is 22.0 Å². The summed E-state index contributed by atoms with van der Waals surface area (Å²) in [6.07, 6.45) is -0.156. The van der Waals surface area contributed by atoms with Gasteiger partial charge in [-0.05, 0) is 38.5 Å². The van der Waals surface area contributed by atoms with Crippen LogP contribution in [0.2, 0.25) is 0 Å². The quantitative estimate of drug-likeness (QED) is 0.825. The van der Waals surface area contributed by atoms with Crippen LogP contribution in [0.4, 0.5) is 0 Å². The van der Waals surface area contributed by atoms with Gasteiger partial charge in [-0.2, -0.15) is 4.31 Å². The third-order valence-electron chi connectivity index (χ3n) is 3.15. The van der Waals surface area contributed by atoms with Crippen molar-refractivity contribution in [1.82, 2.24) is 4.31 Å². The number of morpholine rings is 1. The van der Waals surface area contributed by atoms with Crippen molar-refractivity contribution in [3.63, 3.8) is 0 Å². The van der Waals surface area contributed by atoms with Crippen LogP contribution in [0.25, 0.3) is 0 Å². The van der Waals surface area contributed by atoms with E-state index in [9.17, 15) is 8.42 Å². The molecule has 0 bridgehead atoms. The second-order valence-electron chi connectivity index (χ2n) is 4.99. The summed E-state index contributed by atoms with van der Waals surface area (Å²) in [6.45, 7) is 6.40. The van der Waals surface area contributed by atoms with Gasteiger partial charge in [0, 0.05) is 17.6 Å². The molecule has 1 aromatic carbocycles. The summed E-state index contributed by atoms with van der Waals surface area (Å²) in [6, 6.07) is 5.32. The molecule has 0 N–H and O–H groups in total. The van der Waals surface area contributed by atoms with Crippen LogP contribution in [-0.2, 0) is 14.8 Å². The number of hydrogen-bond acceptors (Lipinski definition) is 3. The van der Waals surface area contributed by atoms with Crippen LogP contribution < -0.4 is 0 Å². The molecule has 0 aliphatic carbocycles. The Morgan fingerprint density at radius 2 is 1.84 bits per heavy atom. The number of halogens is 1. The van der Waals surface area contributed by atoms with E-state index in [0.29, 0.717) is 18.0 Å². The highest BCUT2D eigenvalue weighted by molar-refractivity contribution is 9.10. The molecule has 4 nitrogen and oxygen atoms in total. The number of rotatable bonds is 2. The first kappa shape index (κ1) is 15.0. The first-order chi connectivity index (χ1) is 8.80. The molecule has 1 fully saturated rings. The molecule has 2 atom stereocenters. The molecule has 0 amide bonds. The molecule has 0 radical (unpaired) electrons. The maximum Gasteiger partial charge on any atom is 0.243 e. The Balaban J connectivity index is 2.39. The van der Waals surface area contributed by atoms with Gasteiger partial charge in [0.05, 0.1) is 17.1 Å². The highest BCUT2D eigenvalue weighted by Crippen LogP contribution is 2.26. The molecule has 0 spiro atoms.